The smallest absolute Gasteiger partial charge is 0.343 e. The molecule has 0 unspecified atom stereocenters. The minimum Gasteiger partial charge on any atom is -0.490 e. The minimum absolute atomic E-state index is 0.132. The van der Waals surface area contributed by atoms with Crippen molar-refractivity contribution in [3.05, 3.63) is 98.6 Å². The van der Waals surface area contributed by atoms with E-state index < -0.39 is 16.8 Å². The van der Waals surface area contributed by atoms with Gasteiger partial charge in [0.1, 0.15) is 0 Å². The summed E-state index contributed by atoms with van der Waals surface area (Å²) in [5, 5.41) is 15.1. The topological polar surface area (TPSA) is 120 Å². The third-order valence-corrected chi connectivity index (χ3v) is 4.49. The maximum Gasteiger partial charge on any atom is 0.343 e. The number of nitro groups is 1. The molecule has 0 bridgehead atoms. The Morgan fingerprint density at radius 3 is 2.48 bits per heavy atom. The summed E-state index contributed by atoms with van der Waals surface area (Å²) in [6.07, 6.45) is 1.41. The lowest BCUT2D eigenvalue weighted by Gasteiger charge is -2.11. The molecule has 0 heterocycles. The number of nitrogens with zero attached hydrogens (tertiary/aromatic N) is 2. The van der Waals surface area contributed by atoms with E-state index in [-0.39, 0.29) is 22.7 Å². The number of ether oxygens (including phenoxy) is 2. The van der Waals surface area contributed by atoms with Gasteiger partial charge in [0.05, 0.1) is 23.3 Å². The highest BCUT2D eigenvalue weighted by molar-refractivity contribution is 6.30. The Morgan fingerprint density at radius 1 is 1.06 bits per heavy atom. The fraction of sp³-hybridized carbons (Fsp3) is 0.0870. The van der Waals surface area contributed by atoms with E-state index in [1.807, 2.05) is 0 Å². The number of carbonyl (C=O) groups is 2. The summed E-state index contributed by atoms with van der Waals surface area (Å²) < 4.78 is 10.9. The lowest BCUT2D eigenvalue weighted by atomic mass is 10.2. The number of carbonyl (C=O) groups excluding carboxylic acids is 2. The van der Waals surface area contributed by atoms with Gasteiger partial charge in [0.25, 0.3) is 11.6 Å². The monoisotopic (exact) mass is 467 g/mol. The van der Waals surface area contributed by atoms with Crippen LogP contribution in [0, 0.1) is 10.1 Å². The predicted octanol–water partition coefficient (Wildman–Crippen LogP) is 4.63. The maximum absolute atomic E-state index is 12.4. The molecule has 10 heteroatoms. The van der Waals surface area contributed by atoms with Gasteiger partial charge in [0.2, 0.25) is 0 Å². The average molecular weight is 468 g/mol. The van der Waals surface area contributed by atoms with Gasteiger partial charge >= 0.3 is 5.97 Å². The zero-order valence-corrected chi connectivity index (χ0v) is 18.1. The number of halogens is 1. The lowest BCUT2D eigenvalue weighted by molar-refractivity contribution is -0.384. The Bertz CT molecular complexity index is 1210. The Hall–Kier alpha value is -4.24. The van der Waals surface area contributed by atoms with E-state index in [2.05, 4.69) is 10.5 Å². The van der Waals surface area contributed by atoms with Crippen molar-refractivity contribution in [3.63, 3.8) is 0 Å². The number of hydrazone groups is 1. The van der Waals surface area contributed by atoms with E-state index in [0.717, 1.165) is 0 Å². The van der Waals surface area contributed by atoms with Crippen LogP contribution in [-0.2, 0) is 0 Å². The highest BCUT2D eigenvalue weighted by atomic mass is 35.5. The van der Waals surface area contributed by atoms with Crippen molar-refractivity contribution < 1.29 is 24.0 Å². The number of esters is 1. The van der Waals surface area contributed by atoms with Crippen LogP contribution in [0.1, 0.15) is 33.2 Å². The van der Waals surface area contributed by atoms with Gasteiger partial charge in [0, 0.05) is 22.7 Å². The van der Waals surface area contributed by atoms with Crippen molar-refractivity contribution in [3.8, 4) is 11.5 Å². The van der Waals surface area contributed by atoms with Crippen LogP contribution < -0.4 is 14.9 Å². The van der Waals surface area contributed by atoms with Crippen LogP contribution in [0.15, 0.2) is 71.8 Å². The first kappa shape index (κ1) is 23.4. The first-order valence-corrected chi connectivity index (χ1v) is 10.1. The Morgan fingerprint density at radius 2 is 1.82 bits per heavy atom. The van der Waals surface area contributed by atoms with Gasteiger partial charge in [-0.25, -0.2) is 10.2 Å². The first-order chi connectivity index (χ1) is 15.9. The number of non-ortho nitro benzene ring substituents is 1. The second-order valence-electron chi connectivity index (χ2n) is 6.54. The molecule has 0 saturated carbocycles. The molecule has 0 aliphatic rings. The zero-order valence-electron chi connectivity index (χ0n) is 17.4. The number of nitro benzene ring substituents is 1. The summed E-state index contributed by atoms with van der Waals surface area (Å²) >= 11 is 5.88. The molecule has 0 aliphatic carbocycles. The molecular formula is C23H18ClN3O6. The molecule has 1 amide bonds. The molecule has 0 fully saturated rings. The lowest BCUT2D eigenvalue weighted by Crippen LogP contribution is -2.17. The van der Waals surface area contributed by atoms with Crippen LogP contribution in [0.4, 0.5) is 5.69 Å². The fourth-order valence-electron chi connectivity index (χ4n) is 2.70. The molecule has 3 aromatic carbocycles. The summed E-state index contributed by atoms with van der Waals surface area (Å²) in [6.45, 7) is 2.09. The minimum atomic E-state index is -0.693. The molecule has 168 valence electrons. The van der Waals surface area contributed by atoms with E-state index in [0.29, 0.717) is 22.8 Å². The SMILES string of the molecule is CCOc1cc(/C=N/NC(=O)c2cccc(Cl)c2)ccc1OC(=O)c1ccc([N+](=O)[O-])cc1. The fourth-order valence-corrected chi connectivity index (χ4v) is 2.89. The predicted molar refractivity (Wildman–Crippen MR) is 122 cm³/mol. The maximum atomic E-state index is 12.4. The van der Waals surface area contributed by atoms with Crippen molar-refractivity contribution in [2.24, 2.45) is 5.10 Å². The van der Waals surface area contributed by atoms with Gasteiger partial charge in [0.15, 0.2) is 11.5 Å². The summed E-state index contributed by atoms with van der Waals surface area (Å²) in [4.78, 5) is 34.7. The standard InChI is InChI=1S/C23H18ClN3O6/c1-2-32-21-12-15(14-25-26-22(28)17-4-3-5-18(24)13-17)6-11-20(21)33-23(29)16-7-9-19(10-8-16)27(30)31/h3-14H,2H2,1H3,(H,26,28)/b25-14+. The molecule has 0 atom stereocenters. The van der Waals surface area contributed by atoms with Gasteiger partial charge in [-0.05, 0) is 61.0 Å². The van der Waals surface area contributed by atoms with Crippen LogP contribution in [0.3, 0.4) is 0 Å². The molecule has 9 nitrogen and oxygen atoms in total. The number of rotatable bonds is 8. The summed E-state index contributed by atoms with van der Waals surface area (Å²) in [5.74, 6) is -0.660. The molecule has 0 aromatic heterocycles. The van der Waals surface area contributed by atoms with E-state index in [1.165, 1.54) is 42.6 Å². The van der Waals surface area contributed by atoms with Gasteiger partial charge < -0.3 is 9.47 Å². The van der Waals surface area contributed by atoms with Crippen LogP contribution in [0.2, 0.25) is 5.02 Å². The number of amides is 1. The zero-order chi connectivity index (χ0) is 23.8. The quantitative estimate of drug-likeness (QED) is 0.169. The molecule has 0 radical (unpaired) electrons. The van der Waals surface area contributed by atoms with Crippen molar-refractivity contribution in [1.29, 1.82) is 0 Å². The van der Waals surface area contributed by atoms with Gasteiger partial charge in [-0.3, -0.25) is 14.9 Å². The number of hydrogen-bond acceptors (Lipinski definition) is 7. The Balaban J connectivity index is 1.70. The van der Waals surface area contributed by atoms with Crippen molar-refractivity contribution in [2.45, 2.75) is 6.92 Å². The average Bonchev–Trinajstić information content (AvgIpc) is 2.80. The Kier molecular flexibility index (Phi) is 7.72. The van der Waals surface area contributed by atoms with Crippen LogP contribution in [0.5, 0.6) is 11.5 Å². The molecule has 0 spiro atoms. The number of nitrogens with one attached hydrogen (secondary N) is 1. The Labute approximate surface area is 193 Å². The first-order valence-electron chi connectivity index (χ1n) is 9.70. The largest absolute Gasteiger partial charge is 0.490 e. The normalized spacial score (nSPS) is 10.6. The molecule has 1 N–H and O–H groups in total. The van der Waals surface area contributed by atoms with E-state index in [9.17, 15) is 19.7 Å². The van der Waals surface area contributed by atoms with Gasteiger partial charge in [-0.1, -0.05) is 17.7 Å². The number of hydrogen-bond donors (Lipinski definition) is 1. The van der Waals surface area contributed by atoms with E-state index >= 15 is 0 Å². The van der Waals surface area contributed by atoms with Crippen LogP contribution in [0.25, 0.3) is 0 Å². The molecule has 0 aliphatic heterocycles. The molecule has 33 heavy (non-hydrogen) atoms. The molecule has 0 saturated heterocycles. The summed E-state index contributed by atoms with van der Waals surface area (Å²) in [6, 6.07) is 16.2. The molecular weight excluding hydrogens is 450 g/mol. The number of benzene rings is 3. The summed E-state index contributed by atoms with van der Waals surface area (Å²) in [7, 11) is 0. The van der Waals surface area contributed by atoms with Gasteiger partial charge in [-0.15, -0.1) is 0 Å². The molecule has 3 aromatic rings. The highest BCUT2D eigenvalue weighted by Crippen LogP contribution is 2.29. The van der Waals surface area contributed by atoms with Crippen molar-refractivity contribution in [2.75, 3.05) is 6.61 Å². The second-order valence-corrected chi connectivity index (χ2v) is 6.98. The summed E-state index contributed by atoms with van der Waals surface area (Å²) in [5.41, 5.74) is 3.37. The van der Waals surface area contributed by atoms with E-state index in [1.54, 1.807) is 37.3 Å². The third kappa shape index (κ3) is 6.37. The van der Waals surface area contributed by atoms with Gasteiger partial charge in [-0.2, -0.15) is 5.10 Å². The molecule has 3 rings (SSSR count). The van der Waals surface area contributed by atoms with Crippen molar-refractivity contribution >= 4 is 35.4 Å². The van der Waals surface area contributed by atoms with E-state index in [4.69, 9.17) is 21.1 Å². The highest BCUT2D eigenvalue weighted by Gasteiger charge is 2.15. The van der Waals surface area contributed by atoms with Crippen LogP contribution >= 0.6 is 11.6 Å². The van der Waals surface area contributed by atoms with Crippen LogP contribution in [-0.4, -0.2) is 29.6 Å². The second kappa shape index (κ2) is 10.9. The van der Waals surface area contributed by atoms with Crippen molar-refractivity contribution in [1.82, 2.24) is 5.43 Å². The third-order valence-electron chi connectivity index (χ3n) is 4.25.